The van der Waals surface area contributed by atoms with Gasteiger partial charge in [0.2, 0.25) is 0 Å². The van der Waals surface area contributed by atoms with Crippen molar-refractivity contribution in [1.82, 2.24) is 20.3 Å². The largest absolute Gasteiger partial charge is 0.365 e. The summed E-state index contributed by atoms with van der Waals surface area (Å²) >= 11 is 6.11. The van der Waals surface area contributed by atoms with Crippen LogP contribution in [0.1, 0.15) is 33.4 Å². The molecule has 0 unspecified atom stereocenters. The Labute approximate surface area is 159 Å². The number of nitrogens with zero attached hydrogens (tertiary/aromatic N) is 3. The zero-order valence-electron chi connectivity index (χ0n) is 14.2. The van der Waals surface area contributed by atoms with Gasteiger partial charge in [0.25, 0.3) is 5.91 Å². The van der Waals surface area contributed by atoms with Gasteiger partial charge in [0.05, 0.1) is 18.8 Å². The van der Waals surface area contributed by atoms with Crippen LogP contribution < -0.4 is 5.32 Å². The number of rotatable bonds is 4. The molecule has 1 aromatic heterocycles. The average Bonchev–Trinajstić information content (AvgIpc) is 3.11. The van der Waals surface area contributed by atoms with E-state index >= 15 is 0 Å². The van der Waals surface area contributed by atoms with Crippen molar-refractivity contribution in [1.29, 1.82) is 0 Å². The number of aromatic nitrogens is 3. The Morgan fingerprint density at radius 2 is 2.04 bits per heavy atom. The van der Waals surface area contributed by atoms with Gasteiger partial charge >= 0.3 is 0 Å². The molecule has 2 heterocycles. The van der Waals surface area contributed by atoms with E-state index in [2.05, 4.69) is 15.6 Å². The molecule has 1 N–H and O–H groups in total. The highest BCUT2D eigenvalue weighted by Crippen LogP contribution is 2.27. The Kier molecular flexibility index (Phi) is 4.87. The van der Waals surface area contributed by atoms with Gasteiger partial charge in [-0.3, -0.25) is 4.79 Å². The molecule has 4 rings (SSSR count). The number of carbonyl (C=O) groups excluding carboxylic acids is 1. The van der Waals surface area contributed by atoms with Gasteiger partial charge < -0.3 is 10.1 Å². The summed E-state index contributed by atoms with van der Waals surface area (Å²) in [6.07, 6.45) is -0.265. The van der Waals surface area contributed by atoms with Crippen molar-refractivity contribution in [3.63, 3.8) is 0 Å². The molecule has 27 heavy (non-hydrogen) atoms. The smallest absolute Gasteiger partial charge is 0.274 e. The molecule has 1 aliphatic heterocycles. The first kappa shape index (κ1) is 17.6. The van der Waals surface area contributed by atoms with Gasteiger partial charge in [-0.05, 0) is 29.3 Å². The standard InChI is InChI=1S/C19H16ClFN4O2/c20-15-4-2-1-3-13(15)9-22-19(26)18-16-11-27-17(10-25(16)24-23-18)12-5-7-14(21)8-6-12/h1-8,17H,9-11H2,(H,22,26)/t17-/m1/s1. The lowest BCUT2D eigenvalue weighted by Gasteiger charge is -2.24. The molecule has 0 bridgehead atoms. The number of halogens is 2. The topological polar surface area (TPSA) is 69.0 Å². The van der Waals surface area contributed by atoms with Crippen LogP contribution in [-0.4, -0.2) is 20.9 Å². The summed E-state index contributed by atoms with van der Waals surface area (Å²) in [7, 11) is 0. The minimum absolute atomic E-state index is 0.198. The Bertz CT molecular complexity index is 974. The van der Waals surface area contributed by atoms with E-state index in [1.165, 1.54) is 12.1 Å². The van der Waals surface area contributed by atoms with Crippen LogP contribution in [0.3, 0.4) is 0 Å². The fraction of sp³-hybridized carbons (Fsp3) is 0.211. The number of hydrogen-bond donors (Lipinski definition) is 1. The molecule has 3 aromatic rings. The van der Waals surface area contributed by atoms with Gasteiger partial charge in [0, 0.05) is 11.6 Å². The Morgan fingerprint density at radius 3 is 2.81 bits per heavy atom. The molecule has 138 valence electrons. The number of amides is 1. The molecule has 1 atom stereocenters. The quantitative estimate of drug-likeness (QED) is 0.747. The molecule has 0 spiro atoms. The van der Waals surface area contributed by atoms with Gasteiger partial charge in [0.1, 0.15) is 11.9 Å². The highest BCUT2D eigenvalue weighted by molar-refractivity contribution is 6.31. The number of hydrogen-bond acceptors (Lipinski definition) is 4. The summed E-state index contributed by atoms with van der Waals surface area (Å²) in [6.45, 7) is 0.902. The Balaban J connectivity index is 1.45. The fourth-order valence-electron chi connectivity index (χ4n) is 2.97. The third-order valence-electron chi connectivity index (χ3n) is 4.45. The zero-order chi connectivity index (χ0) is 18.8. The maximum absolute atomic E-state index is 13.1. The molecule has 0 fully saturated rings. The Hall–Kier alpha value is -2.77. The predicted octanol–water partition coefficient (Wildman–Crippen LogP) is 3.27. The molecular formula is C19H16ClFN4O2. The van der Waals surface area contributed by atoms with Crippen molar-refractivity contribution in [3.05, 3.63) is 81.9 Å². The van der Waals surface area contributed by atoms with Gasteiger partial charge in [-0.2, -0.15) is 0 Å². The lowest BCUT2D eigenvalue weighted by atomic mass is 10.1. The second-order valence-corrected chi connectivity index (χ2v) is 6.60. The Morgan fingerprint density at radius 1 is 1.26 bits per heavy atom. The SMILES string of the molecule is O=C(NCc1ccccc1Cl)c1nnn2c1CO[C@@H](c1ccc(F)cc1)C2. The highest BCUT2D eigenvalue weighted by atomic mass is 35.5. The van der Waals surface area contributed by atoms with Crippen LogP contribution in [0.5, 0.6) is 0 Å². The monoisotopic (exact) mass is 386 g/mol. The normalized spacial score (nSPS) is 16.0. The molecule has 0 aliphatic carbocycles. The third kappa shape index (κ3) is 3.70. The molecule has 8 heteroatoms. The van der Waals surface area contributed by atoms with E-state index < -0.39 is 0 Å². The second-order valence-electron chi connectivity index (χ2n) is 6.19. The third-order valence-corrected chi connectivity index (χ3v) is 4.82. The minimum Gasteiger partial charge on any atom is -0.365 e. The van der Waals surface area contributed by atoms with Crippen molar-refractivity contribution in [3.8, 4) is 0 Å². The van der Waals surface area contributed by atoms with Crippen LogP contribution in [0.15, 0.2) is 48.5 Å². The summed E-state index contributed by atoms with van der Waals surface area (Å²) < 4.78 is 20.6. The van der Waals surface area contributed by atoms with Crippen LogP contribution in [0.25, 0.3) is 0 Å². The van der Waals surface area contributed by atoms with Crippen LogP contribution in [-0.2, 0) is 24.4 Å². The number of benzene rings is 2. The maximum Gasteiger partial charge on any atom is 0.274 e. The van der Waals surface area contributed by atoms with E-state index in [1.807, 2.05) is 18.2 Å². The predicted molar refractivity (Wildman–Crippen MR) is 96.6 cm³/mol. The first-order chi connectivity index (χ1) is 13.1. The lowest BCUT2D eigenvalue weighted by Crippen LogP contribution is -2.27. The summed E-state index contributed by atoms with van der Waals surface area (Å²) in [5.41, 5.74) is 2.52. The van der Waals surface area contributed by atoms with E-state index in [-0.39, 0.29) is 30.1 Å². The molecule has 0 radical (unpaired) electrons. The second kappa shape index (κ2) is 7.46. The molecule has 0 saturated carbocycles. The van der Waals surface area contributed by atoms with Crippen molar-refractivity contribution in [2.24, 2.45) is 0 Å². The molecular weight excluding hydrogens is 371 g/mol. The van der Waals surface area contributed by atoms with E-state index in [4.69, 9.17) is 16.3 Å². The number of ether oxygens (including phenoxy) is 1. The summed E-state index contributed by atoms with van der Waals surface area (Å²) in [4.78, 5) is 12.5. The van der Waals surface area contributed by atoms with Crippen molar-refractivity contribution in [2.45, 2.75) is 25.8 Å². The first-order valence-corrected chi connectivity index (χ1v) is 8.80. The van der Waals surface area contributed by atoms with Gasteiger partial charge in [-0.25, -0.2) is 9.07 Å². The number of nitrogens with one attached hydrogen (secondary N) is 1. The highest BCUT2D eigenvalue weighted by Gasteiger charge is 2.27. The van der Waals surface area contributed by atoms with Gasteiger partial charge in [0.15, 0.2) is 5.69 Å². The van der Waals surface area contributed by atoms with Crippen LogP contribution >= 0.6 is 11.6 Å². The van der Waals surface area contributed by atoms with Crippen LogP contribution in [0.4, 0.5) is 4.39 Å². The molecule has 6 nitrogen and oxygen atoms in total. The van der Waals surface area contributed by atoms with Crippen LogP contribution in [0, 0.1) is 5.82 Å². The summed E-state index contributed by atoms with van der Waals surface area (Å²) in [5.74, 6) is -0.631. The minimum atomic E-state index is -0.333. The van der Waals surface area contributed by atoms with Gasteiger partial charge in [-0.1, -0.05) is 47.1 Å². The van der Waals surface area contributed by atoms with Crippen molar-refractivity contribution in [2.75, 3.05) is 0 Å². The average molecular weight is 387 g/mol. The first-order valence-electron chi connectivity index (χ1n) is 8.43. The van der Waals surface area contributed by atoms with Crippen molar-refractivity contribution < 1.29 is 13.9 Å². The van der Waals surface area contributed by atoms with E-state index in [0.717, 1.165) is 11.1 Å². The van der Waals surface area contributed by atoms with E-state index in [0.29, 0.717) is 23.8 Å². The lowest BCUT2D eigenvalue weighted by molar-refractivity contribution is -0.00180. The maximum atomic E-state index is 13.1. The van der Waals surface area contributed by atoms with Crippen molar-refractivity contribution >= 4 is 17.5 Å². The number of fused-ring (bicyclic) bond motifs is 1. The van der Waals surface area contributed by atoms with E-state index in [1.54, 1.807) is 22.9 Å². The number of carbonyl (C=O) groups is 1. The molecule has 1 aliphatic rings. The van der Waals surface area contributed by atoms with Gasteiger partial charge in [-0.15, -0.1) is 5.10 Å². The molecule has 0 saturated heterocycles. The summed E-state index contributed by atoms with van der Waals surface area (Å²) in [5, 5.41) is 11.5. The molecule has 2 aromatic carbocycles. The van der Waals surface area contributed by atoms with Crippen LogP contribution in [0.2, 0.25) is 5.02 Å². The summed E-state index contributed by atoms with van der Waals surface area (Å²) in [6, 6.07) is 13.5. The zero-order valence-corrected chi connectivity index (χ0v) is 15.0. The van der Waals surface area contributed by atoms with E-state index in [9.17, 15) is 9.18 Å². The fourth-order valence-corrected chi connectivity index (χ4v) is 3.17. The molecule has 1 amide bonds.